The molecule has 0 atom stereocenters. The van der Waals surface area contributed by atoms with Crippen molar-refractivity contribution in [1.82, 2.24) is 5.43 Å². The fraction of sp³-hybridized carbons (Fsp3) is 0.130. The second kappa shape index (κ2) is 11.1. The van der Waals surface area contributed by atoms with Crippen molar-refractivity contribution in [2.24, 2.45) is 5.10 Å². The van der Waals surface area contributed by atoms with Gasteiger partial charge in [0.2, 0.25) is 0 Å². The maximum Gasteiger partial charge on any atom is 0.289 e. The zero-order valence-electron chi connectivity index (χ0n) is 18.8. The number of nitro benzene ring substituents is 1. The Morgan fingerprint density at radius 1 is 1.03 bits per heavy atom. The summed E-state index contributed by atoms with van der Waals surface area (Å²) >= 11 is 0. The Hall–Kier alpha value is -4.45. The van der Waals surface area contributed by atoms with Crippen LogP contribution in [-0.2, 0) is 14.8 Å². The summed E-state index contributed by atoms with van der Waals surface area (Å²) in [6, 6.07) is 17.8. The van der Waals surface area contributed by atoms with Crippen LogP contribution in [0.15, 0.2) is 82.8 Å². The van der Waals surface area contributed by atoms with E-state index < -0.39 is 38.0 Å². The van der Waals surface area contributed by atoms with Crippen LogP contribution in [0.25, 0.3) is 0 Å². The standard InChI is InChI=1S/C23H22N4O7S/c1-33-20-13-8-9-17(23(20)34-2)15-24-25-22(28)16-26(18-10-4-3-5-11-18)35(31,32)21-14-7-6-12-19(21)27(29)30/h3-15H,16H2,1-2H3,(H,25,28). The molecule has 0 bridgehead atoms. The molecule has 1 N–H and O–H groups in total. The Balaban J connectivity index is 1.89. The summed E-state index contributed by atoms with van der Waals surface area (Å²) in [6.07, 6.45) is 1.32. The molecule has 0 aliphatic rings. The summed E-state index contributed by atoms with van der Waals surface area (Å²) in [5.74, 6) is 0.0978. The molecule has 35 heavy (non-hydrogen) atoms. The predicted molar refractivity (Wildman–Crippen MR) is 129 cm³/mol. The molecule has 3 aromatic carbocycles. The van der Waals surface area contributed by atoms with Gasteiger partial charge < -0.3 is 9.47 Å². The number of nitrogens with one attached hydrogen (secondary N) is 1. The van der Waals surface area contributed by atoms with E-state index in [1.54, 1.807) is 36.4 Å². The monoisotopic (exact) mass is 498 g/mol. The zero-order valence-corrected chi connectivity index (χ0v) is 19.6. The number of rotatable bonds is 10. The summed E-state index contributed by atoms with van der Waals surface area (Å²) in [7, 11) is -1.54. The Labute approximate surface area is 201 Å². The minimum absolute atomic E-state index is 0.152. The third kappa shape index (κ3) is 5.73. The number of sulfonamides is 1. The van der Waals surface area contributed by atoms with Gasteiger partial charge in [-0.05, 0) is 30.3 Å². The molecule has 12 heteroatoms. The van der Waals surface area contributed by atoms with E-state index in [0.717, 1.165) is 16.4 Å². The highest BCUT2D eigenvalue weighted by Gasteiger charge is 2.33. The smallest absolute Gasteiger partial charge is 0.289 e. The van der Waals surface area contributed by atoms with Crippen LogP contribution in [0.1, 0.15) is 5.56 Å². The highest BCUT2D eigenvalue weighted by atomic mass is 32.2. The molecule has 0 radical (unpaired) electrons. The first-order chi connectivity index (χ1) is 16.8. The third-order valence-corrected chi connectivity index (χ3v) is 6.61. The van der Waals surface area contributed by atoms with Gasteiger partial charge >= 0.3 is 0 Å². The first-order valence-corrected chi connectivity index (χ1v) is 11.6. The Kier molecular flexibility index (Phi) is 8.00. The summed E-state index contributed by atoms with van der Waals surface area (Å²) < 4.78 is 38.1. The number of amides is 1. The lowest BCUT2D eigenvalue weighted by Gasteiger charge is -2.23. The number of nitro groups is 1. The van der Waals surface area contributed by atoms with Gasteiger partial charge in [0.15, 0.2) is 16.4 Å². The normalized spacial score (nSPS) is 11.1. The minimum Gasteiger partial charge on any atom is -0.493 e. The van der Waals surface area contributed by atoms with Crippen molar-refractivity contribution < 1.29 is 27.6 Å². The second-order valence-electron chi connectivity index (χ2n) is 6.95. The topological polar surface area (TPSA) is 140 Å². The number of hydrogen-bond donors (Lipinski definition) is 1. The number of hydrogen-bond acceptors (Lipinski definition) is 8. The lowest BCUT2D eigenvalue weighted by atomic mass is 10.2. The molecule has 0 unspecified atom stereocenters. The molecule has 0 spiro atoms. The number of para-hydroxylation sites is 3. The maximum atomic E-state index is 13.4. The van der Waals surface area contributed by atoms with Crippen LogP contribution in [0.3, 0.4) is 0 Å². The molecule has 11 nitrogen and oxygen atoms in total. The molecule has 3 aromatic rings. The number of carbonyl (C=O) groups is 1. The third-order valence-electron chi connectivity index (χ3n) is 4.79. The van der Waals surface area contributed by atoms with Crippen molar-refractivity contribution in [3.8, 4) is 11.5 Å². The van der Waals surface area contributed by atoms with E-state index in [4.69, 9.17) is 9.47 Å². The number of anilines is 1. The van der Waals surface area contributed by atoms with Gasteiger partial charge in [0.05, 0.1) is 31.0 Å². The first-order valence-electron chi connectivity index (χ1n) is 10.1. The maximum absolute atomic E-state index is 13.4. The predicted octanol–water partition coefficient (Wildman–Crippen LogP) is 2.96. The fourth-order valence-electron chi connectivity index (χ4n) is 3.21. The number of methoxy groups -OCH3 is 2. The molecular formula is C23H22N4O7S. The van der Waals surface area contributed by atoms with Gasteiger partial charge in [-0.25, -0.2) is 13.8 Å². The number of hydrazone groups is 1. The van der Waals surface area contributed by atoms with Gasteiger partial charge in [0, 0.05) is 11.6 Å². The Bertz CT molecular complexity index is 1340. The van der Waals surface area contributed by atoms with Gasteiger partial charge in [-0.3, -0.25) is 19.2 Å². The van der Waals surface area contributed by atoms with Crippen LogP contribution in [0.5, 0.6) is 11.5 Å². The van der Waals surface area contributed by atoms with Gasteiger partial charge in [0.25, 0.3) is 21.6 Å². The number of benzene rings is 3. The van der Waals surface area contributed by atoms with Gasteiger partial charge in [-0.1, -0.05) is 36.4 Å². The van der Waals surface area contributed by atoms with E-state index in [-0.39, 0.29) is 5.69 Å². The molecule has 0 aliphatic heterocycles. The van der Waals surface area contributed by atoms with Crippen LogP contribution in [0, 0.1) is 10.1 Å². The van der Waals surface area contributed by atoms with Crippen LogP contribution in [0.2, 0.25) is 0 Å². The van der Waals surface area contributed by atoms with Crippen molar-refractivity contribution in [3.05, 3.63) is 88.5 Å². The molecule has 0 fully saturated rings. The lowest BCUT2D eigenvalue weighted by molar-refractivity contribution is -0.387. The van der Waals surface area contributed by atoms with Crippen molar-refractivity contribution in [3.63, 3.8) is 0 Å². The molecule has 182 valence electrons. The largest absolute Gasteiger partial charge is 0.493 e. The number of ether oxygens (including phenoxy) is 2. The van der Waals surface area contributed by atoms with E-state index in [0.29, 0.717) is 17.1 Å². The van der Waals surface area contributed by atoms with Crippen LogP contribution < -0.4 is 19.2 Å². The molecule has 0 saturated carbocycles. The van der Waals surface area contributed by atoms with E-state index in [9.17, 15) is 23.3 Å². The van der Waals surface area contributed by atoms with Crippen LogP contribution >= 0.6 is 0 Å². The number of nitrogens with zero attached hydrogens (tertiary/aromatic N) is 3. The average molecular weight is 499 g/mol. The summed E-state index contributed by atoms with van der Waals surface area (Å²) in [5, 5.41) is 15.3. The molecule has 1 amide bonds. The molecule has 0 aromatic heterocycles. The van der Waals surface area contributed by atoms with Crippen molar-refractivity contribution >= 4 is 33.5 Å². The Morgan fingerprint density at radius 2 is 1.71 bits per heavy atom. The molecule has 0 aliphatic carbocycles. The fourth-order valence-corrected chi connectivity index (χ4v) is 4.79. The first kappa shape index (κ1) is 25.2. The summed E-state index contributed by atoms with van der Waals surface area (Å²) in [5.41, 5.74) is 2.34. The lowest BCUT2D eigenvalue weighted by Crippen LogP contribution is -2.39. The summed E-state index contributed by atoms with van der Waals surface area (Å²) in [6.45, 7) is -0.676. The van der Waals surface area contributed by atoms with Crippen LogP contribution in [0.4, 0.5) is 11.4 Å². The molecule has 3 rings (SSSR count). The highest BCUT2D eigenvalue weighted by Crippen LogP contribution is 2.30. The van der Waals surface area contributed by atoms with Crippen molar-refractivity contribution in [2.45, 2.75) is 4.90 Å². The number of carbonyl (C=O) groups excluding carboxylic acids is 1. The summed E-state index contributed by atoms with van der Waals surface area (Å²) in [4.78, 5) is 22.8. The van der Waals surface area contributed by atoms with E-state index >= 15 is 0 Å². The quantitative estimate of drug-likeness (QED) is 0.257. The van der Waals surface area contributed by atoms with Crippen LogP contribution in [-0.4, -0.2) is 46.2 Å². The van der Waals surface area contributed by atoms with E-state index in [1.807, 2.05) is 0 Å². The molecule has 0 saturated heterocycles. The molecule has 0 heterocycles. The average Bonchev–Trinajstić information content (AvgIpc) is 2.87. The minimum atomic E-state index is -4.48. The van der Waals surface area contributed by atoms with E-state index in [2.05, 4.69) is 10.5 Å². The second-order valence-corrected chi connectivity index (χ2v) is 8.78. The molecular weight excluding hydrogens is 476 g/mol. The highest BCUT2D eigenvalue weighted by molar-refractivity contribution is 7.93. The Morgan fingerprint density at radius 3 is 2.37 bits per heavy atom. The van der Waals surface area contributed by atoms with Gasteiger partial charge in [0.1, 0.15) is 6.54 Å². The van der Waals surface area contributed by atoms with Crippen molar-refractivity contribution in [1.29, 1.82) is 0 Å². The van der Waals surface area contributed by atoms with Gasteiger partial charge in [-0.15, -0.1) is 0 Å². The SMILES string of the molecule is COc1cccc(C=NNC(=O)CN(c2ccccc2)S(=O)(=O)c2ccccc2[N+](=O)[O-])c1OC. The zero-order chi connectivity index (χ0) is 25.4. The van der Waals surface area contributed by atoms with Gasteiger partial charge in [-0.2, -0.15) is 5.10 Å². The van der Waals surface area contributed by atoms with E-state index in [1.165, 1.54) is 44.7 Å². The van der Waals surface area contributed by atoms with Crippen molar-refractivity contribution in [2.75, 3.05) is 25.1 Å².